The molecule has 0 atom stereocenters. The topological polar surface area (TPSA) is 97.5 Å². The van der Waals surface area contributed by atoms with Gasteiger partial charge < -0.3 is 5.11 Å². The lowest BCUT2D eigenvalue weighted by Gasteiger charge is -2.37. The van der Waals surface area contributed by atoms with E-state index in [1.54, 1.807) is 12.1 Å². The molecule has 0 saturated heterocycles. The van der Waals surface area contributed by atoms with Crippen LogP contribution in [0.1, 0.15) is 43.2 Å². The number of nitrogens with two attached hydrogens (primary N) is 1. The number of sulfonamides is 1. The van der Waals surface area contributed by atoms with Gasteiger partial charge >= 0.3 is 5.97 Å². The van der Waals surface area contributed by atoms with Gasteiger partial charge in [0.05, 0.1) is 10.8 Å². The van der Waals surface area contributed by atoms with Crippen LogP contribution in [0, 0.1) is 5.92 Å². The molecule has 2 aliphatic rings. The molecule has 1 saturated carbocycles. The molecule has 0 amide bonds. The first-order valence-corrected chi connectivity index (χ1v) is 8.75. The van der Waals surface area contributed by atoms with Crippen LogP contribution < -0.4 is 5.14 Å². The van der Waals surface area contributed by atoms with Gasteiger partial charge in [-0.2, -0.15) is 0 Å². The van der Waals surface area contributed by atoms with Gasteiger partial charge in [-0.15, -0.1) is 0 Å². The summed E-state index contributed by atoms with van der Waals surface area (Å²) >= 11 is 0. The van der Waals surface area contributed by atoms with Crippen LogP contribution >= 0.6 is 0 Å². The Morgan fingerprint density at radius 2 is 1.90 bits per heavy atom. The number of rotatable bonds is 2. The fourth-order valence-electron chi connectivity index (χ4n) is 3.89. The predicted octanol–water partition coefficient (Wildman–Crippen LogP) is 1.79. The minimum Gasteiger partial charge on any atom is -0.481 e. The third-order valence-corrected chi connectivity index (χ3v) is 6.06. The van der Waals surface area contributed by atoms with Gasteiger partial charge in [-0.25, -0.2) is 13.6 Å². The maximum absolute atomic E-state index is 11.5. The first-order chi connectivity index (χ1) is 9.82. The Kier molecular flexibility index (Phi) is 3.33. The number of aryl methyl sites for hydroxylation is 1. The smallest absolute Gasteiger partial charge is 0.306 e. The van der Waals surface area contributed by atoms with Gasteiger partial charge in [0, 0.05) is 0 Å². The monoisotopic (exact) mass is 309 g/mol. The number of hydrogen-bond acceptors (Lipinski definition) is 3. The van der Waals surface area contributed by atoms with E-state index in [0.29, 0.717) is 12.8 Å². The average molecular weight is 309 g/mol. The van der Waals surface area contributed by atoms with E-state index in [0.717, 1.165) is 31.2 Å². The van der Waals surface area contributed by atoms with E-state index >= 15 is 0 Å². The van der Waals surface area contributed by atoms with Gasteiger partial charge in [0.2, 0.25) is 10.0 Å². The Balaban J connectivity index is 1.95. The second-order valence-electron chi connectivity index (χ2n) is 6.26. The summed E-state index contributed by atoms with van der Waals surface area (Å²) in [7, 11) is -3.70. The molecule has 0 unspecified atom stereocenters. The van der Waals surface area contributed by atoms with E-state index in [-0.39, 0.29) is 16.2 Å². The summed E-state index contributed by atoms with van der Waals surface area (Å²) in [4.78, 5) is 11.2. The van der Waals surface area contributed by atoms with Crippen molar-refractivity contribution in [3.8, 4) is 0 Å². The van der Waals surface area contributed by atoms with Crippen molar-refractivity contribution >= 4 is 16.0 Å². The van der Waals surface area contributed by atoms with Crippen LogP contribution in [0.4, 0.5) is 0 Å². The highest BCUT2D eigenvalue weighted by atomic mass is 32.2. The van der Waals surface area contributed by atoms with Crippen molar-refractivity contribution in [2.24, 2.45) is 11.1 Å². The van der Waals surface area contributed by atoms with Crippen molar-refractivity contribution in [3.63, 3.8) is 0 Å². The molecular formula is C15H19NO4S. The fourth-order valence-corrected chi connectivity index (χ4v) is 4.43. The summed E-state index contributed by atoms with van der Waals surface area (Å²) in [5, 5.41) is 14.3. The molecule has 0 bridgehead atoms. The number of carboxylic acid groups (broad SMARTS) is 1. The maximum atomic E-state index is 11.5. The summed E-state index contributed by atoms with van der Waals surface area (Å²) in [6, 6.07) is 5.13. The molecule has 1 aromatic carbocycles. The molecule has 5 nitrogen and oxygen atoms in total. The van der Waals surface area contributed by atoms with Crippen molar-refractivity contribution in [1.82, 2.24) is 0 Å². The van der Waals surface area contributed by atoms with Crippen molar-refractivity contribution in [3.05, 3.63) is 29.3 Å². The molecule has 6 heteroatoms. The van der Waals surface area contributed by atoms with E-state index in [9.17, 15) is 13.2 Å². The number of hydrogen-bond donors (Lipinski definition) is 2. The Hall–Kier alpha value is -1.40. The van der Waals surface area contributed by atoms with E-state index < -0.39 is 16.0 Å². The van der Waals surface area contributed by atoms with Crippen LogP contribution in [-0.4, -0.2) is 19.5 Å². The Morgan fingerprint density at radius 1 is 1.24 bits per heavy atom. The summed E-state index contributed by atoms with van der Waals surface area (Å²) in [5.74, 6) is -0.984. The lowest BCUT2D eigenvalue weighted by atomic mass is 9.67. The Labute approximate surface area is 124 Å². The Bertz CT molecular complexity index is 688. The van der Waals surface area contributed by atoms with Crippen LogP contribution in [0.15, 0.2) is 23.1 Å². The van der Waals surface area contributed by atoms with Crippen molar-refractivity contribution in [1.29, 1.82) is 0 Å². The highest BCUT2D eigenvalue weighted by Gasteiger charge is 2.43. The molecule has 0 aliphatic heterocycles. The zero-order valence-corrected chi connectivity index (χ0v) is 12.5. The summed E-state index contributed by atoms with van der Waals surface area (Å²) < 4.78 is 23.1. The van der Waals surface area contributed by atoms with Crippen LogP contribution in [-0.2, 0) is 26.7 Å². The second-order valence-corrected chi connectivity index (χ2v) is 7.82. The quantitative estimate of drug-likeness (QED) is 0.870. The Morgan fingerprint density at radius 3 is 2.48 bits per heavy atom. The van der Waals surface area contributed by atoms with Gasteiger partial charge in [-0.3, -0.25) is 4.79 Å². The molecule has 0 heterocycles. The summed E-state index contributed by atoms with van der Waals surface area (Å²) in [6.07, 6.45) is 4.85. The van der Waals surface area contributed by atoms with Crippen molar-refractivity contribution < 1.29 is 18.3 Å². The van der Waals surface area contributed by atoms with Crippen LogP contribution in [0.25, 0.3) is 0 Å². The largest absolute Gasteiger partial charge is 0.481 e. The van der Waals surface area contributed by atoms with E-state index in [1.807, 2.05) is 6.07 Å². The zero-order chi connectivity index (χ0) is 15.3. The minimum absolute atomic E-state index is 0.0536. The van der Waals surface area contributed by atoms with E-state index in [4.69, 9.17) is 10.2 Å². The van der Waals surface area contributed by atoms with Crippen molar-refractivity contribution in [2.75, 3.05) is 0 Å². The molecule has 0 aromatic heterocycles. The number of carbonyl (C=O) groups is 1. The molecule has 1 fully saturated rings. The maximum Gasteiger partial charge on any atom is 0.306 e. The molecular weight excluding hydrogens is 290 g/mol. The van der Waals surface area contributed by atoms with E-state index in [1.165, 1.54) is 5.56 Å². The first-order valence-electron chi connectivity index (χ1n) is 7.21. The number of fused-ring (bicyclic) bond motifs is 2. The van der Waals surface area contributed by atoms with Gasteiger partial charge in [0.25, 0.3) is 0 Å². The van der Waals surface area contributed by atoms with Crippen LogP contribution in [0.2, 0.25) is 0 Å². The molecule has 1 spiro atoms. The van der Waals surface area contributed by atoms with Gasteiger partial charge in [-0.05, 0) is 67.2 Å². The summed E-state index contributed by atoms with van der Waals surface area (Å²) in [5.41, 5.74) is 2.19. The molecule has 114 valence electrons. The third kappa shape index (κ3) is 2.46. The lowest BCUT2D eigenvalue weighted by molar-refractivity contribution is -0.143. The zero-order valence-electron chi connectivity index (χ0n) is 11.7. The highest BCUT2D eigenvalue weighted by Crippen LogP contribution is 2.50. The highest BCUT2D eigenvalue weighted by molar-refractivity contribution is 7.89. The van der Waals surface area contributed by atoms with Crippen LogP contribution in [0.5, 0.6) is 0 Å². The number of carboxylic acids is 1. The van der Waals surface area contributed by atoms with Gasteiger partial charge in [-0.1, -0.05) is 6.07 Å². The summed E-state index contributed by atoms with van der Waals surface area (Å²) in [6.45, 7) is 0. The number of benzene rings is 1. The molecule has 2 aliphatic carbocycles. The molecule has 1 aromatic rings. The first kappa shape index (κ1) is 14.5. The van der Waals surface area contributed by atoms with Crippen LogP contribution in [0.3, 0.4) is 0 Å². The fraction of sp³-hybridized carbons (Fsp3) is 0.533. The molecule has 3 N–H and O–H groups in total. The average Bonchev–Trinajstić information content (AvgIpc) is 2.77. The molecule has 21 heavy (non-hydrogen) atoms. The van der Waals surface area contributed by atoms with Gasteiger partial charge in [0.1, 0.15) is 0 Å². The number of primary sulfonamides is 1. The third-order valence-electron chi connectivity index (χ3n) is 5.15. The predicted molar refractivity (Wildman–Crippen MR) is 77.4 cm³/mol. The molecule has 3 rings (SSSR count). The lowest BCUT2D eigenvalue weighted by Crippen LogP contribution is -2.32. The second kappa shape index (κ2) is 4.81. The van der Waals surface area contributed by atoms with E-state index in [2.05, 4.69) is 0 Å². The van der Waals surface area contributed by atoms with Crippen molar-refractivity contribution in [2.45, 2.75) is 48.8 Å². The minimum atomic E-state index is -3.70. The SMILES string of the molecule is NS(=O)(=O)c1ccc2c(c1)C1(CC2)CCC(C(=O)O)CC1. The molecule has 0 radical (unpaired) electrons. The standard InChI is InChI=1S/C15H19NO4S/c16-21(19,20)12-2-1-10-3-6-15(13(10)9-12)7-4-11(5-8-15)14(17)18/h1-2,9,11H,3-8H2,(H,17,18)(H2,16,19,20). The number of aliphatic carboxylic acids is 1. The van der Waals surface area contributed by atoms with Gasteiger partial charge in [0.15, 0.2) is 0 Å². The normalized spacial score (nSPS) is 28.5.